The van der Waals surface area contributed by atoms with Crippen molar-refractivity contribution >= 4 is 34.9 Å². The van der Waals surface area contributed by atoms with Crippen molar-refractivity contribution in [2.24, 2.45) is 0 Å². The normalized spacial score (nSPS) is 10.5. The molecule has 31 heavy (non-hydrogen) atoms. The lowest BCUT2D eigenvalue weighted by molar-refractivity contribution is -0.384. The van der Waals surface area contributed by atoms with Gasteiger partial charge in [0.05, 0.1) is 27.4 Å². The van der Waals surface area contributed by atoms with Gasteiger partial charge in [0.1, 0.15) is 11.4 Å². The molecular formula is C21H20ClN5O4. The Balaban J connectivity index is 2.07. The Morgan fingerprint density at radius 1 is 1.13 bits per heavy atom. The van der Waals surface area contributed by atoms with Gasteiger partial charge in [-0.1, -0.05) is 29.8 Å². The molecule has 3 aromatic rings. The van der Waals surface area contributed by atoms with E-state index in [1.165, 1.54) is 23.0 Å². The van der Waals surface area contributed by atoms with Gasteiger partial charge in [0.15, 0.2) is 0 Å². The van der Waals surface area contributed by atoms with E-state index in [1.54, 1.807) is 29.2 Å². The first-order chi connectivity index (χ1) is 14.9. The summed E-state index contributed by atoms with van der Waals surface area (Å²) in [6.07, 6.45) is 1.39. The Morgan fingerprint density at radius 3 is 2.42 bits per heavy atom. The standard InChI is InChI=1S/C21H20ClN5O4/c1-3-25(4-2)21(29)17-13-23-26(14-8-6-5-7-9-14)19(17)24-20(28)16-12-15(27(30)31)10-11-18(16)22/h5-13H,3-4H2,1-2H3,(H,24,28). The Hall–Kier alpha value is -3.72. The summed E-state index contributed by atoms with van der Waals surface area (Å²) < 4.78 is 1.43. The fraction of sp³-hybridized carbons (Fsp3) is 0.190. The molecule has 0 spiro atoms. The van der Waals surface area contributed by atoms with Gasteiger partial charge < -0.3 is 10.2 Å². The second-order valence-electron chi connectivity index (χ2n) is 6.51. The fourth-order valence-corrected chi connectivity index (χ4v) is 3.25. The number of aromatic nitrogens is 2. The highest BCUT2D eigenvalue weighted by atomic mass is 35.5. The molecule has 0 fully saturated rings. The summed E-state index contributed by atoms with van der Waals surface area (Å²) in [5.74, 6) is -0.844. The van der Waals surface area contributed by atoms with E-state index in [0.717, 1.165) is 6.07 Å². The number of amides is 2. The number of benzene rings is 2. The van der Waals surface area contributed by atoms with Crippen LogP contribution in [0.4, 0.5) is 11.5 Å². The summed E-state index contributed by atoms with van der Waals surface area (Å²) in [6, 6.07) is 12.6. The van der Waals surface area contributed by atoms with Crippen LogP contribution in [0, 0.1) is 10.1 Å². The molecule has 0 saturated heterocycles. The highest BCUT2D eigenvalue weighted by Crippen LogP contribution is 2.26. The van der Waals surface area contributed by atoms with Crippen LogP contribution in [0.3, 0.4) is 0 Å². The summed E-state index contributed by atoms with van der Waals surface area (Å²) in [5.41, 5.74) is 0.465. The van der Waals surface area contributed by atoms with Crippen LogP contribution in [-0.4, -0.2) is 44.5 Å². The van der Waals surface area contributed by atoms with Gasteiger partial charge in [-0.2, -0.15) is 5.10 Å². The van der Waals surface area contributed by atoms with Crippen LogP contribution in [0.2, 0.25) is 5.02 Å². The summed E-state index contributed by atoms with van der Waals surface area (Å²) in [7, 11) is 0. The minimum Gasteiger partial charge on any atom is -0.339 e. The summed E-state index contributed by atoms with van der Waals surface area (Å²) >= 11 is 6.11. The topological polar surface area (TPSA) is 110 Å². The summed E-state index contributed by atoms with van der Waals surface area (Å²) in [5, 5.41) is 18.1. The lowest BCUT2D eigenvalue weighted by Gasteiger charge is -2.19. The zero-order valence-corrected chi connectivity index (χ0v) is 17.7. The molecule has 160 valence electrons. The average Bonchev–Trinajstić information content (AvgIpc) is 3.18. The van der Waals surface area contributed by atoms with Crippen molar-refractivity contribution in [2.75, 3.05) is 18.4 Å². The van der Waals surface area contributed by atoms with E-state index >= 15 is 0 Å². The SMILES string of the molecule is CCN(CC)C(=O)c1cnn(-c2ccccc2)c1NC(=O)c1cc([N+](=O)[O-])ccc1Cl. The number of carbonyl (C=O) groups excluding carboxylic acids is 2. The first-order valence-electron chi connectivity index (χ1n) is 9.55. The van der Waals surface area contributed by atoms with Crippen LogP contribution in [0.5, 0.6) is 0 Å². The maximum absolute atomic E-state index is 13.0. The van der Waals surface area contributed by atoms with Crippen LogP contribution in [0.25, 0.3) is 5.69 Å². The largest absolute Gasteiger partial charge is 0.339 e. The van der Waals surface area contributed by atoms with Crippen molar-refractivity contribution in [2.45, 2.75) is 13.8 Å². The number of nitro benzene ring substituents is 1. The van der Waals surface area contributed by atoms with Crippen molar-refractivity contribution in [1.29, 1.82) is 0 Å². The zero-order chi connectivity index (χ0) is 22.5. The fourth-order valence-electron chi connectivity index (χ4n) is 3.05. The van der Waals surface area contributed by atoms with Crippen molar-refractivity contribution < 1.29 is 14.5 Å². The van der Waals surface area contributed by atoms with E-state index in [9.17, 15) is 19.7 Å². The number of non-ortho nitro benzene ring substituents is 1. The molecule has 1 N–H and O–H groups in total. The van der Waals surface area contributed by atoms with E-state index in [2.05, 4.69) is 10.4 Å². The number of para-hydroxylation sites is 1. The molecule has 2 aromatic carbocycles. The minimum atomic E-state index is -0.694. The van der Waals surface area contributed by atoms with Gasteiger partial charge in [-0.25, -0.2) is 4.68 Å². The summed E-state index contributed by atoms with van der Waals surface area (Å²) in [4.78, 5) is 38.1. The van der Waals surface area contributed by atoms with Gasteiger partial charge in [-0.3, -0.25) is 19.7 Å². The van der Waals surface area contributed by atoms with Gasteiger partial charge in [0.25, 0.3) is 17.5 Å². The van der Waals surface area contributed by atoms with Crippen molar-refractivity contribution in [3.05, 3.63) is 81.0 Å². The van der Waals surface area contributed by atoms with Gasteiger partial charge >= 0.3 is 0 Å². The van der Waals surface area contributed by atoms with Gasteiger partial charge in [0, 0.05) is 25.2 Å². The zero-order valence-electron chi connectivity index (χ0n) is 16.9. The predicted molar refractivity (Wildman–Crippen MR) is 117 cm³/mol. The second kappa shape index (κ2) is 9.40. The number of nitrogens with one attached hydrogen (secondary N) is 1. The first kappa shape index (κ1) is 22.0. The lowest BCUT2D eigenvalue weighted by Crippen LogP contribution is -2.31. The van der Waals surface area contributed by atoms with E-state index in [1.807, 2.05) is 19.9 Å². The third-order valence-electron chi connectivity index (χ3n) is 4.69. The van der Waals surface area contributed by atoms with Crippen LogP contribution < -0.4 is 5.32 Å². The van der Waals surface area contributed by atoms with Gasteiger partial charge in [-0.05, 0) is 32.0 Å². The van der Waals surface area contributed by atoms with Crippen LogP contribution in [0.15, 0.2) is 54.7 Å². The third kappa shape index (κ3) is 4.56. The third-order valence-corrected chi connectivity index (χ3v) is 5.02. The molecule has 0 saturated carbocycles. The highest BCUT2D eigenvalue weighted by Gasteiger charge is 2.25. The number of hydrogen-bond donors (Lipinski definition) is 1. The number of carbonyl (C=O) groups is 2. The Kier molecular flexibility index (Phi) is 6.66. The molecule has 1 aromatic heterocycles. The minimum absolute atomic E-state index is 0.0468. The summed E-state index contributed by atoms with van der Waals surface area (Å²) in [6.45, 7) is 4.67. The Morgan fingerprint density at radius 2 is 1.81 bits per heavy atom. The second-order valence-corrected chi connectivity index (χ2v) is 6.91. The molecule has 0 aliphatic heterocycles. The van der Waals surface area contributed by atoms with E-state index in [4.69, 9.17) is 11.6 Å². The predicted octanol–water partition coefficient (Wildman–Crippen LogP) is 4.17. The molecule has 0 radical (unpaired) electrons. The number of anilines is 1. The number of nitro groups is 1. The molecule has 0 aliphatic rings. The Labute approximate surface area is 183 Å². The smallest absolute Gasteiger partial charge is 0.270 e. The molecule has 3 rings (SSSR count). The highest BCUT2D eigenvalue weighted by molar-refractivity contribution is 6.34. The molecule has 9 nitrogen and oxygen atoms in total. The molecule has 1 heterocycles. The number of halogens is 1. The average molecular weight is 442 g/mol. The molecule has 0 bridgehead atoms. The van der Waals surface area contributed by atoms with E-state index in [0.29, 0.717) is 18.8 Å². The Bertz CT molecular complexity index is 1130. The molecule has 0 atom stereocenters. The molecule has 2 amide bonds. The molecule has 0 aliphatic carbocycles. The van der Waals surface area contributed by atoms with Gasteiger partial charge in [-0.15, -0.1) is 0 Å². The van der Waals surface area contributed by atoms with Gasteiger partial charge in [0.2, 0.25) is 0 Å². The number of rotatable bonds is 7. The van der Waals surface area contributed by atoms with Crippen molar-refractivity contribution in [3.8, 4) is 5.69 Å². The molecular weight excluding hydrogens is 422 g/mol. The maximum Gasteiger partial charge on any atom is 0.270 e. The first-order valence-corrected chi connectivity index (χ1v) is 9.93. The van der Waals surface area contributed by atoms with Crippen LogP contribution in [-0.2, 0) is 0 Å². The van der Waals surface area contributed by atoms with Crippen molar-refractivity contribution in [3.63, 3.8) is 0 Å². The van der Waals surface area contributed by atoms with Crippen molar-refractivity contribution in [1.82, 2.24) is 14.7 Å². The number of nitrogens with zero attached hydrogens (tertiary/aromatic N) is 4. The lowest BCUT2D eigenvalue weighted by atomic mass is 10.1. The van der Waals surface area contributed by atoms with Crippen LogP contribution in [0.1, 0.15) is 34.6 Å². The van der Waals surface area contributed by atoms with E-state index in [-0.39, 0.29) is 33.6 Å². The van der Waals surface area contributed by atoms with E-state index < -0.39 is 10.8 Å². The van der Waals surface area contributed by atoms with Crippen LogP contribution >= 0.6 is 11.6 Å². The maximum atomic E-state index is 13.0. The quantitative estimate of drug-likeness (QED) is 0.437. The monoisotopic (exact) mass is 441 g/mol. The molecule has 0 unspecified atom stereocenters. The molecule has 10 heteroatoms. The number of hydrogen-bond acceptors (Lipinski definition) is 5.